The predicted octanol–water partition coefficient (Wildman–Crippen LogP) is 4.16. The fourth-order valence-corrected chi connectivity index (χ4v) is 3.88. The second-order valence-corrected chi connectivity index (χ2v) is 7.57. The molecule has 2 aromatic carbocycles. The van der Waals surface area contributed by atoms with Crippen LogP contribution in [0.3, 0.4) is 0 Å². The van der Waals surface area contributed by atoms with Gasteiger partial charge < -0.3 is 9.80 Å². The van der Waals surface area contributed by atoms with E-state index in [2.05, 4.69) is 54.3 Å². The van der Waals surface area contributed by atoms with E-state index < -0.39 is 0 Å². The molecular weight excluding hydrogens is 320 g/mol. The van der Waals surface area contributed by atoms with Crippen LogP contribution in [-0.4, -0.2) is 42.4 Å². The lowest BCUT2D eigenvalue weighted by atomic mass is 9.93. The molecule has 3 nitrogen and oxygen atoms in total. The lowest BCUT2D eigenvalue weighted by molar-refractivity contribution is -0.136. The van der Waals surface area contributed by atoms with E-state index in [4.69, 9.17) is 0 Å². The van der Waals surface area contributed by atoms with Gasteiger partial charge in [-0.05, 0) is 43.0 Å². The van der Waals surface area contributed by atoms with Crippen molar-refractivity contribution in [3.63, 3.8) is 0 Å². The number of carbonyl (C=O) groups excluding carboxylic acids is 1. The fourth-order valence-electron chi connectivity index (χ4n) is 3.88. The zero-order valence-corrected chi connectivity index (χ0v) is 16.0. The second-order valence-electron chi connectivity index (χ2n) is 7.57. The largest absolute Gasteiger partial charge is 0.341 e. The first-order valence-electron chi connectivity index (χ1n) is 9.69. The Balaban J connectivity index is 1.46. The highest BCUT2D eigenvalue weighted by atomic mass is 16.2. The molecule has 2 aromatic rings. The summed E-state index contributed by atoms with van der Waals surface area (Å²) in [5.74, 6) is 1.00. The molecule has 0 aromatic heterocycles. The molecule has 1 heterocycles. The van der Waals surface area contributed by atoms with Crippen LogP contribution in [0.15, 0.2) is 60.7 Å². The summed E-state index contributed by atoms with van der Waals surface area (Å²) in [5, 5.41) is 0. The Morgan fingerprint density at radius 3 is 2.23 bits per heavy atom. The maximum atomic E-state index is 12.8. The van der Waals surface area contributed by atoms with E-state index in [1.165, 1.54) is 11.1 Å². The summed E-state index contributed by atoms with van der Waals surface area (Å²) < 4.78 is 0. The molecule has 1 amide bonds. The van der Waals surface area contributed by atoms with Gasteiger partial charge in [-0.2, -0.15) is 0 Å². The standard InChI is InChI=1S/C23H30N2O/c1-19(21-11-7-4-8-12-21)17-25-15-13-22(14-16-25)23(26)24(2)18-20-9-5-3-6-10-20/h3-12,19,22H,13-18H2,1-2H3/t19-/m1/s1. The normalized spacial score (nSPS) is 17.0. The molecular formula is C23H30N2O. The quantitative estimate of drug-likeness (QED) is 0.781. The number of amides is 1. The zero-order valence-electron chi connectivity index (χ0n) is 16.0. The average molecular weight is 351 g/mol. The average Bonchev–Trinajstić information content (AvgIpc) is 2.69. The molecule has 0 bridgehead atoms. The van der Waals surface area contributed by atoms with Crippen LogP contribution in [-0.2, 0) is 11.3 Å². The molecule has 1 saturated heterocycles. The lowest BCUT2D eigenvalue weighted by Crippen LogP contribution is -2.42. The van der Waals surface area contributed by atoms with Crippen LogP contribution in [0.2, 0.25) is 0 Å². The molecule has 26 heavy (non-hydrogen) atoms. The Morgan fingerprint density at radius 1 is 1.04 bits per heavy atom. The Kier molecular flexibility index (Phi) is 6.45. The molecule has 1 fully saturated rings. The third-order valence-corrected chi connectivity index (χ3v) is 5.48. The summed E-state index contributed by atoms with van der Waals surface area (Å²) in [7, 11) is 1.93. The van der Waals surface area contributed by atoms with Gasteiger partial charge in [-0.3, -0.25) is 4.79 Å². The smallest absolute Gasteiger partial charge is 0.225 e. The summed E-state index contributed by atoms with van der Waals surface area (Å²) in [4.78, 5) is 17.2. The van der Waals surface area contributed by atoms with Gasteiger partial charge in [0.15, 0.2) is 0 Å². The third kappa shape index (κ3) is 4.95. The van der Waals surface area contributed by atoms with Crippen LogP contribution in [0.25, 0.3) is 0 Å². The molecule has 0 saturated carbocycles. The number of nitrogens with zero attached hydrogens (tertiary/aromatic N) is 2. The number of piperidine rings is 1. The fraction of sp³-hybridized carbons (Fsp3) is 0.435. The maximum Gasteiger partial charge on any atom is 0.225 e. The van der Waals surface area contributed by atoms with E-state index in [0.29, 0.717) is 18.4 Å². The summed E-state index contributed by atoms with van der Waals surface area (Å²) in [6, 6.07) is 20.9. The third-order valence-electron chi connectivity index (χ3n) is 5.48. The first-order chi connectivity index (χ1) is 12.6. The maximum absolute atomic E-state index is 12.8. The molecule has 3 rings (SSSR count). The highest BCUT2D eigenvalue weighted by molar-refractivity contribution is 5.78. The number of hydrogen-bond donors (Lipinski definition) is 0. The van der Waals surface area contributed by atoms with E-state index in [1.54, 1.807) is 0 Å². The van der Waals surface area contributed by atoms with E-state index in [9.17, 15) is 4.79 Å². The van der Waals surface area contributed by atoms with E-state index in [0.717, 1.165) is 32.5 Å². The molecule has 1 atom stereocenters. The Bertz CT molecular complexity index is 678. The van der Waals surface area contributed by atoms with E-state index in [-0.39, 0.29) is 5.92 Å². The van der Waals surface area contributed by atoms with Crippen molar-refractivity contribution in [2.24, 2.45) is 5.92 Å². The SMILES string of the molecule is C[C@H](CN1CCC(C(=O)N(C)Cc2ccccc2)CC1)c1ccccc1. The Labute approximate surface area is 157 Å². The summed E-state index contributed by atoms with van der Waals surface area (Å²) in [6.45, 7) is 6.11. The molecule has 0 unspecified atom stereocenters. The van der Waals surface area contributed by atoms with Crippen LogP contribution in [0.5, 0.6) is 0 Å². The van der Waals surface area contributed by atoms with Crippen molar-refractivity contribution < 1.29 is 4.79 Å². The number of benzene rings is 2. The summed E-state index contributed by atoms with van der Waals surface area (Å²) in [6.07, 6.45) is 1.94. The van der Waals surface area contributed by atoms with Gasteiger partial charge in [0.1, 0.15) is 0 Å². The van der Waals surface area contributed by atoms with Gasteiger partial charge in [-0.25, -0.2) is 0 Å². The molecule has 138 valence electrons. The Hall–Kier alpha value is -2.13. The van der Waals surface area contributed by atoms with Crippen LogP contribution in [0.1, 0.15) is 36.8 Å². The molecule has 1 aliphatic heterocycles. The van der Waals surface area contributed by atoms with E-state index in [1.807, 2.05) is 30.1 Å². The molecule has 0 radical (unpaired) electrons. The van der Waals surface area contributed by atoms with Crippen molar-refractivity contribution in [3.8, 4) is 0 Å². The summed E-state index contributed by atoms with van der Waals surface area (Å²) >= 11 is 0. The minimum absolute atomic E-state index is 0.173. The zero-order chi connectivity index (χ0) is 18.4. The summed E-state index contributed by atoms with van der Waals surface area (Å²) in [5.41, 5.74) is 2.59. The van der Waals surface area contributed by atoms with Crippen molar-refractivity contribution >= 4 is 5.91 Å². The number of likely N-dealkylation sites (tertiary alicyclic amines) is 1. The van der Waals surface area contributed by atoms with Gasteiger partial charge >= 0.3 is 0 Å². The highest BCUT2D eigenvalue weighted by Crippen LogP contribution is 2.23. The van der Waals surface area contributed by atoms with Crippen LogP contribution < -0.4 is 0 Å². The van der Waals surface area contributed by atoms with Crippen molar-refractivity contribution in [1.29, 1.82) is 0 Å². The van der Waals surface area contributed by atoms with Gasteiger partial charge in [0, 0.05) is 26.1 Å². The minimum atomic E-state index is 0.173. The number of carbonyl (C=O) groups is 1. The highest BCUT2D eigenvalue weighted by Gasteiger charge is 2.27. The first kappa shape index (κ1) is 18.7. The van der Waals surface area contributed by atoms with E-state index >= 15 is 0 Å². The van der Waals surface area contributed by atoms with Crippen molar-refractivity contribution in [2.75, 3.05) is 26.7 Å². The minimum Gasteiger partial charge on any atom is -0.341 e. The van der Waals surface area contributed by atoms with Gasteiger partial charge in [0.2, 0.25) is 5.91 Å². The van der Waals surface area contributed by atoms with Gasteiger partial charge in [-0.1, -0.05) is 67.6 Å². The lowest BCUT2D eigenvalue weighted by Gasteiger charge is -2.34. The van der Waals surface area contributed by atoms with Crippen LogP contribution in [0, 0.1) is 5.92 Å². The predicted molar refractivity (Wildman–Crippen MR) is 107 cm³/mol. The molecule has 0 aliphatic carbocycles. The van der Waals surface area contributed by atoms with Gasteiger partial charge in [-0.15, -0.1) is 0 Å². The van der Waals surface area contributed by atoms with Crippen LogP contribution in [0.4, 0.5) is 0 Å². The van der Waals surface area contributed by atoms with Crippen LogP contribution >= 0.6 is 0 Å². The van der Waals surface area contributed by atoms with Crippen molar-refractivity contribution in [1.82, 2.24) is 9.80 Å². The second kappa shape index (κ2) is 9.00. The first-order valence-corrected chi connectivity index (χ1v) is 9.69. The Morgan fingerprint density at radius 2 is 1.62 bits per heavy atom. The molecule has 0 N–H and O–H groups in total. The number of hydrogen-bond acceptors (Lipinski definition) is 2. The monoisotopic (exact) mass is 350 g/mol. The van der Waals surface area contributed by atoms with Gasteiger partial charge in [0.25, 0.3) is 0 Å². The van der Waals surface area contributed by atoms with Crippen molar-refractivity contribution in [2.45, 2.75) is 32.2 Å². The molecule has 3 heteroatoms. The number of rotatable bonds is 6. The molecule has 1 aliphatic rings. The molecule has 0 spiro atoms. The van der Waals surface area contributed by atoms with Gasteiger partial charge in [0.05, 0.1) is 0 Å². The van der Waals surface area contributed by atoms with Crippen molar-refractivity contribution in [3.05, 3.63) is 71.8 Å². The topological polar surface area (TPSA) is 23.6 Å².